The van der Waals surface area contributed by atoms with E-state index in [1.54, 1.807) is 0 Å². The molecule has 0 bridgehead atoms. The second kappa shape index (κ2) is 9.21. The molecule has 0 atom stereocenters. The lowest BCUT2D eigenvalue weighted by Crippen LogP contribution is -2.40. The van der Waals surface area contributed by atoms with Crippen LogP contribution in [0.3, 0.4) is 0 Å². The quantitative estimate of drug-likeness (QED) is 0.518. The third-order valence-electron chi connectivity index (χ3n) is 2.00. The van der Waals surface area contributed by atoms with Gasteiger partial charge in [0.05, 0.1) is 0 Å². The van der Waals surface area contributed by atoms with Gasteiger partial charge in [-0.25, -0.2) is 0 Å². The van der Waals surface area contributed by atoms with Crippen LogP contribution in [0.2, 0.25) is 0 Å². The number of thiocarbonyl (C=S) groups is 1. The van der Waals surface area contributed by atoms with E-state index in [1.165, 1.54) is 0 Å². The van der Waals surface area contributed by atoms with E-state index in [0.717, 1.165) is 44.4 Å². The van der Waals surface area contributed by atoms with Crippen LogP contribution in [0.5, 0.6) is 0 Å². The molecule has 0 rings (SSSR count). The fourth-order valence-corrected chi connectivity index (χ4v) is 1.50. The molecule has 0 aliphatic carbocycles. The van der Waals surface area contributed by atoms with Crippen molar-refractivity contribution in [3.63, 3.8) is 0 Å². The Labute approximate surface area is 92.8 Å². The third kappa shape index (κ3) is 6.16. The first-order chi connectivity index (χ1) is 6.76. The van der Waals surface area contributed by atoms with Gasteiger partial charge in [0, 0.05) is 32.8 Å². The maximum absolute atomic E-state index is 5.23. The molecule has 4 heteroatoms. The summed E-state index contributed by atoms with van der Waals surface area (Å²) in [5, 5.41) is 4.07. The summed E-state index contributed by atoms with van der Waals surface area (Å²) in [7, 11) is 0. The largest absolute Gasteiger partial charge is 0.382 e. The normalized spacial score (nSPS) is 9.93. The van der Waals surface area contributed by atoms with Gasteiger partial charge in [-0.1, -0.05) is 0 Å². The zero-order chi connectivity index (χ0) is 10.8. The van der Waals surface area contributed by atoms with E-state index >= 15 is 0 Å². The highest BCUT2D eigenvalue weighted by molar-refractivity contribution is 7.80. The third-order valence-corrected chi connectivity index (χ3v) is 2.40. The molecule has 0 heterocycles. The van der Waals surface area contributed by atoms with Crippen molar-refractivity contribution in [1.82, 2.24) is 10.2 Å². The molecule has 0 aromatic heterocycles. The predicted octanol–water partition coefficient (Wildman–Crippen LogP) is 1.63. The van der Waals surface area contributed by atoms with Crippen molar-refractivity contribution in [2.75, 3.05) is 32.8 Å². The second-order valence-electron chi connectivity index (χ2n) is 2.95. The molecule has 3 nitrogen and oxygen atoms in total. The molecule has 84 valence electrons. The topological polar surface area (TPSA) is 24.5 Å². The second-order valence-corrected chi connectivity index (χ2v) is 3.34. The maximum Gasteiger partial charge on any atom is 0.168 e. The number of rotatable bonds is 7. The van der Waals surface area contributed by atoms with Crippen molar-refractivity contribution in [3.8, 4) is 0 Å². The molecule has 0 aliphatic rings. The fraction of sp³-hybridized carbons (Fsp3) is 0.900. The van der Waals surface area contributed by atoms with Crippen LogP contribution in [0, 0.1) is 0 Å². The molecule has 0 saturated heterocycles. The minimum absolute atomic E-state index is 0.792. The number of nitrogens with one attached hydrogen (secondary N) is 1. The van der Waals surface area contributed by atoms with Crippen LogP contribution in [0.15, 0.2) is 0 Å². The first kappa shape index (κ1) is 13.7. The molecule has 0 amide bonds. The number of hydrogen-bond donors (Lipinski definition) is 1. The summed E-state index contributed by atoms with van der Waals surface area (Å²) in [5.41, 5.74) is 0. The van der Waals surface area contributed by atoms with Crippen LogP contribution in [-0.2, 0) is 4.74 Å². The standard InChI is InChI=1S/C10H22N2OS/c1-4-12(5-2)10(14)11-8-7-9-13-6-3/h4-9H2,1-3H3,(H,11,14). The first-order valence-corrected chi connectivity index (χ1v) is 5.77. The SMILES string of the molecule is CCOCCCNC(=S)N(CC)CC. The maximum atomic E-state index is 5.23. The lowest BCUT2D eigenvalue weighted by atomic mass is 10.4. The Kier molecular flexibility index (Phi) is 8.98. The zero-order valence-electron chi connectivity index (χ0n) is 9.51. The fourth-order valence-electron chi connectivity index (χ4n) is 1.14. The Bertz CT molecular complexity index is 149. The van der Waals surface area contributed by atoms with Crippen molar-refractivity contribution in [3.05, 3.63) is 0 Å². The van der Waals surface area contributed by atoms with E-state index in [9.17, 15) is 0 Å². The molecule has 0 aromatic carbocycles. The van der Waals surface area contributed by atoms with Gasteiger partial charge in [-0.3, -0.25) is 0 Å². The van der Waals surface area contributed by atoms with E-state index < -0.39 is 0 Å². The monoisotopic (exact) mass is 218 g/mol. The highest BCUT2D eigenvalue weighted by atomic mass is 32.1. The van der Waals surface area contributed by atoms with Gasteiger partial charge in [-0.05, 0) is 39.4 Å². The van der Waals surface area contributed by atoms with E-state index in [2.05, 4.69) is 24.1 Å². The molecule has 0 radical (unpaired) electrons. The summed E-state index contributed by atoms with van der Waals surface area (Å²) in [4.78, 5) is 2.13. The molecular weight excluding hydrogens is 196 g/mol. The van der Waals surface area contributed by atoms with Gasteiger partial charge < -0.3 is 15.0 Å². The summed E-state index contributed by atoms with van der Waals surface area (Å²) < 4.78 is 5.23. The molecular formula is C10H22N2OS. The van der Waals surface area contributed by atoms with Crippen LogP contribution in [0.4, 0.5) is 0 Å². The molecule has 0 unspecified atom stereocenters. The highest BCUT2D eigenvalue weighted by Crippen LogP contribution is 1.89. The highest BCUT2D eigenvalue weighted by Gasteiger charge is 2.02. The number of nitrogens with zero attached hydrogens (tertiary/aromatic N) is 1. The molecule has 1 N–H and O–H groups in total. The van der Waals surface area contributed by atoms with E-state index in [0.29, 0.717) is 0 Å². The lowest BCUT2D eigenvalue weighted by Gasteiger charge is -2.22. The summed E-state index contributed by atoms with van der Waals surface area (Å²) in [6, 6.07) is 0. The minimum atomic E-state index is 0.792. The Morgan fingerprint density at radius 3 is 2.43 bits per heavy atom. The van der Waals surface area contributed by atoms with Gasteiger partial charge in [-0.2, -0.15) is 0 Å². The number of hydrogen-bond acceptors (Lipinski definition) is 2. The average Bonchev–Trinajstić information content (AvgIpc) is 2.19. The average molecular weight is 218 g/mol. The smallest absolute Gasteiger partial charge is 0.168 e. The van der Waals surface area contributed by atoms with Gasteiger partial charge in [0.15, 0.2) is 5.11 Å². The van der Waals surface area contributed by atoms with Crippen molar-refractivity contribution in [2.45, 2.75) is 27.2 Å². The summed E-state index contributed by atoms with van der Waals surface area (Å²) in [6.45, 7) is 10.7. The van der Waals surface area contributed by atoms with Gasteiger partial charge in [0.2, 0.25) is 0 Å². The van der Waals surface area contributed by atoms with Gasteiger partial charge in [-0.15, -0.1) is 0 Å². The lowest BCUT2D eigenvalue weighted by molar-refractivity contribution is 0.145. The Balaban J connectivity index is 3.43. The molecule has 0 saturated carbocycles. The van der Waals surface area contributed by atoms with Crippen molar-refractivity contribution in [2.24, 2.45) is 0 Å². The van der Waals surface area contributed by atoms with Crippen molar-refractivity contribution < 1.29 is 4.74 Å². The Morgan fingerprint density at radius 1 is 1.29 bits per heavy atom. The molecule has 14 heavy (non-hydrogen) atoms. The van der Waals surface area contributed by atoms with Gasteiger partial charge >= 0.3 is 0 Å². The van der Waals surface area contributed by atoms with Crippen LogP contribution in [0.25, 0.3) is 0 Å². The first-order valence-electron chi connectivity index (χ1n) is 5.36. The summed E-state index contributed by atoms with van der Waals surface area (Å²) in [6.07, 6.45) is 1.01. The van der Waals surface area contributed by atoms with Crippen LogP contribution >= 0.6 is 12.2 Å². The van der Waals surface area contributed by atoms with E-state index in [4.69, 9.17) is 17.0 Å². The van der Waals surface area contributed by atoms with Gasteiger partial charge in [0.1, 0.15) is 0 Å². The molecule has 0 aliphatic heterocycles. The Hall–Kier alpha value is -0.350. The van der Waals surface area contributed by atoms with E-state index in [-0.39, 0.29) is 0 Å². The predicted molar refractivity (Wildman–Crippen MR) is 64.6 cm³/mol. The van der Waals surface area contributed by atoms with Crippen LogP contribution < -0.4 is 5.32 Å². The Morgan fingerprint density at radius 2 is 1.93 bits per heavy atom. The zero-order valence-corrected chi connectivity index (χ0v) is 10.3. The van der Waals surface area contributed by atoms with Crippen molar-refractivity contribution >= 4 is 17.3 Å². The van der Waals surface area contributed by atoms with E-state index in [1.807, 2.05) is 6.92 Å². The minimum Gasteiger partial charge on any atom is -0.382 e. The van der Waals surface area contributed by atoms with Crippen LogP contribution in [0.1, 0.15) is 27.2 Å². The van der Waals surface area contributed by atoms with Gasteiger partial charge in [0.25, 0.3) is 0 Å². The summed E-state index contributed by atoms with van der Waals surface area (Å²) >= 11 is 5.23. The molecule has 0 fully saturated rings. The van der Waals surface area contributed by atoms with Crippen molar-refractivity contribution in [1.29, 1.82) is 0 Å². The van der Waals surface area contributed by atoms with Crippen LogP contribution in [-0.4, -0.2) is 42.9 Å². The molecule has 0 spiro atoms. The number of ether oxygens (including phenoxy) is 1. The molecule has 0 aromatic rings. The summed E-state index contributed by atoms with van der Waals surface area (Å²) in [5.74, 6) is 0.